The molecule has 1 saturated heterocycles. The third kappa shape index (κ3) is 1.45. The second kappa shape index (κ2) is 3.99. The summed E-state index contributed by atoms with van der Waals surface area (Å²) in [4.78, 5) is 2.52. The second-order valence-corrected chi connectivity index (χ2v) is 6.14. The maximum atomic E-state index is 9.82. The van der Waals surface area contributed by atoms with Crippen LogP contribution in [0.25, 0.3) is 0 Å². The van der Waals surface area contributed by atoms with Gasteiger partial charge in [0, 0.05) is 11.5 Å². The van der Waals surface area contributed by atoms with Gasteiger partial charge in [-0.05, 0) is 62.0 Å². The van der Waals surface area contributed by atoms with Crippen molar-refractivity contribution in [2.45, 2.75) is 44.6 Å². The molecule has 3 rings (SSSR count). The van der Waals surface area contributed by atoms with Gasteiger partial charge in [0.15, 0.2) is 0 Å². The van der Waals surface area contributed by atoms with E-state index < -0.39 is 0 Å². The molecule has 2 heteroatoms. The minimum absolute atomic E-state index is 0.281. The number of hydrogen-bond acceptors (Lipinski definition) is 2. The molecule has 0 spiro atoms. The number of aromatic hydroxyl groups is 1. The van der Waals surface area contributed by atoms with Crippen LogP contribution in [0.1, 0.15) is 37.8 Å². The number of rotatable bonds is 1. The third-order valence-electron chi connectivity index (χ3n) is 5.62. The molecule has 1 aliphatic carbocycles. The molecular formula is C16H23NO. The molecule has 0 saturated carbocycles. The number of hydrogen-bond donors (Lipinski definition) is 1. The first-order valence-corrected chi connectivity index (χ1v) is 7.11. The van der Waals surface area contributed by atoms with E-state index in [4.69, 9.17) is 0 Å². The summed E-state index contributed by atoms with van der Waals surface area (Å²) < 4.78 is 0. The number of fused-ring (bicyclic) bond motifs is 4. The smallest absolute Gasteiger partial charge is 0.115 e. The fourth-order valence-corrected chi connectivity index (χ4v) is 4.35. The van der Waals surface area contributed by atoms with Crippen LogP contribution in [0.3, 0.4) is 0 Å². The predicted molar refractivity (Wildman–Crippen MR) is 74.0 cm³/mol. The zero-order valence-electron chi connectivity index (χ0n) is 11.6. The van der Waals surface area contributed by atoms with Crippen molar-refractivity contribution in [3.63, 3.8) is 0 Å². The molecule has 0 amide bonds. The zero-order chi connectivity index (χ0) is 12.9. The van der Waals surface area contributed by atoms with Crippen LogP contribution in [-0.4, -0.2) is 29.6 Å². The number of nitrogens with zero attached hydrogens (tertiary/aromatic N) is 1. The van der Waals surface area contributed by atoms with Gasteiger partial charge in [-0.15, -0.1) is 0 Å². The van der Waals surface area contributed by atoms with E-state index in [0.29, 0.717) is 17.7 Å². The van der Waals surface area contributed by atoms with E-state index >= 15 is 0 Å². The van der Waals surface area contributed by atoms with Crippen molar-refractivity contribution in [2.24, 2.45) is 5.92 Å². The van der Waals surface area contributed by atoms with Crippen molar-refractivity contribution in [1.82, 2.24) is 4.90 Å². The number of phenols is 1. The number of likely N-dealkylation sites (tertiary alicyclic amines) is 1. The van der Waals surface area contributed by atoms with Gasteiger partial charge in [-0.25, -0.2) is 0 Å². The molecular weight excluding hydrogens is 222 g/mol. The summed E-state index contributed by atoms with van der Waals surface area (Å²) >= 11 is 0. The summed E-state index contributed by atoms with van der Waals surface area (Å²) in [5.74, 6) is 1.10. The molecule has 3 atom stereocenters. The third-order valence-corrected chi connectivity index (χ3v) is 5.62. The van der Waals surface area contributed by atoms with Gasteiger partial charge < -0.3 is 10.0 Å². The highest BCUT2D eigenvalue weighted by Crippen LogP contribution is 2.50. The Kier molecular flexibility index (Phi) is 2.67. The molecule has 0 aromatic heterocycles. The number of phenolic OH excluding ortho intramolecular Hbond substituents is 1. The molecule has 1 heterocycles. The average molecular weight is 245 g/mol. The van der Waals surface area contributed by atoms with Gasteiger partial charge in [0.05, 0.1) is 0 Å². The second-order valence-electron chi connectivity index (χ2n) is 6.14. The quantitative estimate of drug-likeness (QED) is 0.822. The first-order chi connectivity index (χ1) is 8.58. The first-order valence-electron chi connectivity index (χ1n) is 7.11. The minimum Gasteiger partial charge on any atom is -0.508 e. The van der Waals surface area contributed by atoms with Crippen LogP contribution in [0.15, 0.2) is 18.2 Å². The van der Waals surface area contributed by atoms with Crippen LogP contribution in [0, 0.1) is 5.92 Å². The van der Waals surface area contributed by atoms with Crippen LogP contribution in [-0.2, 0) is 11.8 Å². The van der Waals surface area contributed by atoms with Crippen molar-refractivity contribution in [1.29, 1.82) is 0 Å². The molecule has 1 aromatic rings. The van der Waals surface area contributed by atoms with Crippen molar-refractivity contribution in [2.75, 3.05) is 13.6 Å². The fourth-order valence-electron chi connectivity index (χ4n) is 4.35. The number of likely N-dealkylation sites (N-methyl/N-ethyl adjacent to an activating group) is 1. The molecule has 0 radical (unpaired) electrons. The Morgan fingerprint density at radius 2 is 2.22 bits per heavy atom. The SMILES string of the molecule is CC[C@@]12CCN(C)C(Cc3ccc(O)cc31)[C@H]2C. The Bertz CT molecular complexity index is 470. The molecule has 2 aliphatic rings. The molecule has 1 aliphatic heterocycles. The lowest BCUT2D eigenvalue weighted by atomic mass is 9.57. The molecule has 2 bridgehead atoms. The Morgan fingerprint density at radius 1 is 1.44 bits per heavy atom. The maximum absolute atomic E-state index is 9.82. The summed E-state index contributed by atoms with van der Waals surface area (Å²) in [5, 5.41) is 9.82. The highest BCUT2D eigenvalue weighted by Gasteiger charge is 2.49. The number of benzene rings is 1. The van der Waals surface area contributed by atoms with Crippen LogP contribution < -0.4 is 0 Å². The average Bonchev–Trinajstić information content (AvgIpc) is 2.36. The van der Waals surface area contributed by atoms with Crippen LogP contribution in [0.2, 0.25) is 0 Å². The van der Waals surface area contributed by atoms with E-state index in [1.54, 1.807) is 0 Å². The molecule has 18 heavy (non-hydrogen) atoms. The normalized spacial score (nSPS) is 35.3. The van der Waals surface area contributed by atoms with E-state index in [0.717, 1.165) is 6.42 Å². The Morgan fingerprint density at radius 3 is 2.94 bits per heavy atom. The van der Waals surface area contributed by atoms with Crippen LogP contribution >= 0.6 is 0 Å². The van der Waals surface area contributed by atoms with Crippen LogP contribution in [0.5, 0.6) is 5.75 Å². The van der Waals surface area contributed by atoms with E-state index in [9.17, 15) is 5.11 Å². The maximum Gasteiger partial charge on any atom is 0.115 e. The summed E-state index contributed by atoms with van der Waals surface area (Å²) in [7, 11) is 2.26. The summed E-state index contributed by atoms with van der Waals surface area (Å²) in [6.45, 7) is 5.88. The summed E-state index contributed by atoms with van der Waals surface area (Å²) in [6, 6.07) is 6.66. The van der Waals surface area contributed by atoms with Crippen LogP contribution in [0.4, 0.5) is 0 Å². The lowest BCUT2D eigenvalue weighted by molar-refractivity contribution is 0.0385. The van der Waals surface area contributed by atoms with E-state index in [-0.39, 0.29) is 5.41 Å². The highest BCUT2D eigenvalue weighted by molar-refractivity contribution is 5.44. The summed E-state index contributed by atoms with van der Waals surface area (Å²) in [6.07, 6.45) is 3.53. The van der Waals surface area contributed by atoms with Gasteiger partial charge in [0.25, 0.3) is 0 Å². The van der Waals surface area contributed by atoms with Gasteiger partial charge in [-0.3, -0.25) is 0 Å². The predicted octanol–water partition coefficient (Wildman–Crippen LogP) is 2.94. The topological polar surface area (TPSA) is 23.5 Å². The lowest BCUT2D eigenvalue weighted by Crippen LogP contribution is -2.57. The Balaban J connectivity index is 2.18. The Labute approximate surface area is 110 Å². The van der Waals surface area contributed by atoms with Gasteiger partial charge in [-0.2, -0.15) is 0 Å². The van der Waals surface area contributed by atoms with Gasteiger partial charge in [0.1, 0.15) is 5.75 Å². The summed E-state index contributed by atoms with van der Waals surface area (Å²) in [5.41, 5.74) is 3.15. The van der Waals surface area contributed by atoms with Crippen molar-refractivity contribution in [3.8, 4) is 5.75 Å². The van der Waals surface area contributed by atoms with Gasteiger partial charge >= 0.3 is 0 Å². The van der Waals surface area contributed by atoms with Gasteiger partial charge in [0.2, 0.25) is 0 Å². The van der Waals surface area contributed by atoms with Crippen molar-refractivity contribution in [3.05, 3.63) is 29.3 Å². The van der Waals surface area contributed by atoms with Crippen molar-refractivity contribution < 1.29 is 5.11 Å². The standard InChI is InChI=1S/C16H23NO/c1-4-16-7-8-17(3)15(11(16)2)9-12-5-6-13(18)10-14(12)16/h5-6,10-11,15,18H,4,7-9H2,1-3H3/t11-,15?,16+/m1/s1. The molecule has 2 nitrogen and oxygen atoms in total. The molecule has 1 aromatic carbocycles. The number of piperidine rings is 1. The first kappa shape index (κ1) is 12.0. The molecule has 1 unspecified atom stereocenters. The van der Waals surface area contributed by atoms with Crippen molar-refractivity contribution >= 4 is 0 Å². The van der Waals surface area contributed by atoms with E-state index in [1.165, 1.54) is 30.5 Å². The zero-order valence-corrected chi connectivity index (χ0v) is 11.6. The largest absolute Gasteiger partial charge is 0.508 e. The Hall–Kier alpha value is -1.02. The molecule has 1 fully saturated rings. The molecule has 98 valence electrons. The lowest BCUT2D eigenvalue weighted by Gasteiger charge is -2.55. The highest BCUT2D eigenvalue weighted by atomic mass is 16.3. The fraction of sp³-hybridized carbons (Fsp3) is 0.625. The monoisotopic (exact) mass is 245 g/mol. The molecule has 1 N–H and O–H groups in total. The van der Waals surface area contributed by atoms with E-state index in [2.05, 4.69) is 31.9 Å². The minimum atomic E-state index is 0.281. The van der Waals surface area contributed by atoms with Gasteiger partial charge in [-0.1, -0.05) is 19.9 Å². The van der Waals surface area contributed by atoms with E-state index in [1.807, 2.05) is 12.1 Å².